The molecular weight excluding hydrogens is 184 g/mol. The van der Waals surface area contributed by atoms with Crippen LogP contribution in [0, 0.1) is 12.3 Å². The van der Waals surface area contributed by atoms with Gasteiger partial charge in [-0.1, -0.05) is 32.9 Å². The summed E-state index contributed by atoms with van der Waals surface area (Å²) in [5.74, 6) is 1.08. The van der Waals surface area contributed by atoms with Crippen molar-refractivity contribution < 1.29 is 4.74 Å². The minimum Gasteiger partial charge on any atom is -0.486 e. The van der Waals surface area contributed by atoms with E-state index in [1.165, 1.54) is 11.1 Å². The predicted octanol–water partition coefficient (Wildman–Crippen LogP) is 3.73. The molecule has 0 radical (unpaired) electrons. The molecular formula is C14H20O. The van der Waals surface area contributed by atoms with E-state index < -0.39 is 0 Å². The molecule has 0 N–H and O–H groups in total. The second kappa shape index (κ2) is 3.01. The lowest BCUT2D eigenvalue weighted by Gasteiger charge is -2.37. The van der Waals surface area contributed by atoms with Gasteiger partial charge < -0.3 is 4.74 Å². The topological polar surface area (TPSA) is 9.23 Å². The minimum atomic E-state index is -0.0663. The van der Waals surface area contributed by atoms with Crippen molar-refractivity contribution in [1.82, 2.24) is 0 Å². The molecule has 1 aliphatic heterocycles. The molecule has 1 aromatic rings. The number of rotatable bonds is 0. The number of benzene rings is 1. The monoisotopic (exact) mass is 204 g/mol. The summed E-state index contributed by atoms with van der Waals surface area (Å²) in [4.78, 5) is 0. The zero-order chi connectivity index (χ0) is 11.3. The number of fused-ring (bicyclic) bond motifs is 1. The van der Waals surface area contributed by atoms with Crippen LogP contribution >= 0.6 is 0 Å². The fourth-order valence-electron chi connectivity index (χ4n) is 1.96. The maximum absolute atomic E-state index is 6.14. The SMILES string of the molecule is Cc1ccc2c(c1)OC(C)(C(C)(C)C)C2. The summed E-state index contributed by atoms with van der Waals surface area (Å²) in [5.41, 5.74) is 2.72. The van der Waals surface area contributed by atoms with Gasteiger partial charge in [-0.3, -0.25) is 0 Å². The van der Waals surface area contributed by atoms with Crippen molar-refractivity contribution in [2.45, 2.75) is 46.6 Å². The van der Waals surface area contributed by atoms with E-state index in [0.717, 1.165) is 12.2 Å². The van der Waals surface area contributed by atoms with Crippen LogP contribution in [0.1, 0.15) is 38.8 Å². The van der Waals surface area contributed by atoms with E-state index in [0.29, 0.717) is 0 Å². The van der Waals surface area contributed by atoms with Gasteiger partial charge in [-0.05, 0) is 31.0 Å². The third kappa shape index (κ3) is 1.64. The van der Waals surface area contributed by atoms with Gasteiger partial charge >= 0.3 is 0 Å². The molecule has 1 heteroatoms. The van der Waals surface area contributed by atoms with Crippen LogP contribution in [0.4, 0.5) is 0 Å². The van der Waals surface area contributed by atoms with Gasteiger partial charge in [0.25, 0.3) is 0 Å². The molecule has 1 aromatic carbocycles. The van der Waals surface area contributed by atoms with Crippen molar-refractivity contribution in [2.24, 2.45) is 5.41 Å². The van der Waals surface area contributed by atoms with Crippen LogP contribution < -0.4 is 4.74 Å². The Morgan fingerprint density at radius 3 is 2.53 bits per heavy atom. The highest BCUT2D eigenvalue weighted by atomic mass is 16.5. The third-order valence-corrected chi connectivity index (χ3v) is 3.67. The van der Waals surface area contributed by atoms with E-state index in [9.17, 15) is 0 Å². The summed E-state index contributed by atoms with van der Waals surface area (Å²) < 4.78 is 6.14. The Balaban J connectivity index is 2.37. The summed E-state index contributed by atoms with van der Waals surface area (Å²) in [5, 5.41) is 0. The summed E-state index contributed by atoms with van der Waals surface area (Å²) in [7, 11) is 0. The van der Waals surface area contributed by atoms with Crippen molar-refractivity contribution in [3.8, 4) is 5.75 Å². The van der Waals surface area contributed by atoms with Crippen molar-refractivity contribution in [2.75, 3.05) is 0 Å². The molecule has 1 atom stereocenters. The maximum Gasteiger partial charge on any atom is 0.123 e. The van der Waals surface area contributed by atoms with Crippen molar-refractivity contribution in [3.05, 3.63) is 29.3 Å². The highest BCUT2D eigenvalue weighted by molar-refractivity contribution is 5.42. The standard InChI is InChI=1S/C14H20O/c1-10-6-7-11-9-14(5,13(2,3)4)15-12(11)8-10/h6-8H,9H2,1-5H3. The first-order valence-electron chi connectivity index (χ1n) is 5.60. The Kier molecular flexibility index (Phi) is 2.11. The van der Waals surface area contributed by atoms with Crippen molar-refractivity contribution >= 4 is 0 Å². The first-order chi connectivity index (χ1) is 6.82. The van der Waals surface area contributed by atoms with Crippen LogP contribution in [0.25, 0.3) is 0 Å². The molecule has 2 rings (SSSR count). The van der Waals surface area contributed by atoms with Gasteiger partial charge in [0.1, 0.15) is 11.4 Å². The average Bonchev–Trinajstić information content (AvgIpc) is 2.40. The van der Waals surface area contributed by atoms with E-state index in [2.05, 4.69) is 52.8 Å². The molecule has 0 aromatic heterocycles. The zero-order valence-corrected chi connectivity index (χ0v) is 10.3. The van der Waals surface area contributed by atoms with E-state index >= 15 is 0 Å². The molecule has 15 heavy (non-hydrogen) atoms. The van der Waals surface area contributed by atoms with Gasteiger partial charge in [0.15, 0.2) is 0 Å². The van der Waals surface area contributed by atoms with Crippen LogP contribution in [0.3, 0.4) is 0 Å². The van der Waals surface area contributed by atoms with Gasteiger partial charge in [-0.2, -0.15) is 0 Å². The fourth-order valence-corrected chi connectivity index (χ4v) is 1.96. The highest BCUT2D eigenvalue weighted by Gasteiger charge is 2.44. The normalized spacial score (nSPS) is 24.9. The predicted molar refractivity (Wildman–Crippen MR) is 63.4 cm³/mol. The lowest BCUT2D eigenvalue weighted by Crippen LogP contribution is -2.44. The zero-order valence-electron chi connectivity index (χ0n) is 10.3. The average molecular weight is 204 g/mol. The molecule has 82 valence electrons. The number of ether oxygens (including phenoxy) is 1. The third-order valence-electron chi connectivity index (χ3n) is 3.67. The number of aryl methyl sites for hydroxylation is 1. The Hall–Kier alpha value is -0.980. The number of hydrogen-bond acceptors (Lipinski definition) is 1. The number of hydrogen-bond donors (Lipinski definition) is 0. The van der Waals surface area contributed by atoms with E-state index in [-0.39, 0.29) is 11.0 Å². The van der Waals surface area contributed by atoms with Crippen LogP contribution in [0.15, 0.2) is 18.2 Å². The molecule has 0 bridgehead atoms. The quantitative estimate of drug-likeness (QED) is 0.625. The molecule has 1 aliphatic rings. The largest absolute Gasteiger partial charge is 0.486 e. The van der Waals surface area contributed by atoms with Crippen LogP contribution in [-0.2, 0) is 6.42 Å². The van der Waals surface area contributed by atoms with E-state index in [4.69, 9.17) is 4.74 Å². The summed E-state index contributed by atoms with van der Waals surface area (Å²) >= 11 is 0. The Morgan fingerprint density at radius 2 is 1.93 bits per heavy atom. The lowest BCUT2D eigenvalue weighted by atomic mass is 9.75. The fraction of sp³-hybridized carbons (Fsp3) is 0.571. The molecule has 0 spiro atoms. The van der Waals surface area contributed by atoms with Crippen LogP contribution in [-0.4, -0.2) is 5.60 Å². The first kappa shape index (κ1) is 10.5. The molecule has 0 fully saturated rings. The van der Waals surface area contributed by atoms with Crippen LogP contribution in [0.5, 0.6) is 5.75 Å². The maximum atomic E-state index is 6.14. The first-order valence-corrected chi connectivity index (χ1v) is 5.60. The Labute approximate surface area is 92.5 Å². The summed E-state index contributed by atoms with van der Waals surface area (Å²) in [6, 6.07) is 6.50. The lowest BCUT2D eigenvalue weighted by molar-refractivity contribution is 0.00353. The molecule has 0 aliphatic carbocycles. The van der Waals surface area contributed by atoms with E-state index in [1.807, 2.05) is 0 Å². The molecule has 1 nitrogen and oxygen atoms in total. The van der Waals surface area contributed by atoms with Crippen LogP contribution in [0.2, 0.25) is 0 Å². The van der Waals surface area contributed by atoms with Crippen molar-refractivity contribution in [3.63, 3.8) is 0 Å². The second-order valence-corrected chi connectivity index (χ2v) is 5.87. The molecule has 1 heterocycles. The molecule has 0 saturated heterocycles. The van der Waals surface area contributed by atoms with Crippen molar-refractivity contribution in [1.29, 1.82) is 0 Å². The second-order valence-electron chi connectivity index (χ2n) is 5.87. The minimum absolute atomic E-state index is 0.0663. The smallest absolute Gasteiger partial charge is 0.123 e. The van der Waals surface area contributed by atoms with Gasteiger partial charge in [0.05, 0.1) is 0 Å². The van der Waals surface area contributed by atoms with Gasteiger partial charge in [-0.25, -0.2) is 0 Å². The summed E-state index contributed by atoms with van der Waals surface area (Å²) in [6.07, 6.45) is 1.02. The Morgan fingerprint density at radius 1 is 1.27 bits per heavy atom. The molecule has 1 unspecified atom stereocenters. The Bertz CT molecular complexity index is 387. The van der Waals surface area contributed by atoms with Gasteiger partial charge in [0, 0.05) is 11.8 Å². The van der Waals surface area contributed by atoms with Gasteiger partial charge in [0.2, 0.25) is 0 Å². The summed E-state index contributed by atoms with van der Waals surface area (Å²) in [6.45, 7) is 11.0. The van der Waals surface area contributed by atoms with E-state index in [1.54, 1.807) is 0 Å². The van der Waals surface area contributed by atoms with Gasteiger partial charge in [-0.15, -0.1) is 0 Å². The molecule has 0 saturated carbocycles. The highest BCUT2D eigenvalue weighted by Crippen LogP contribution is 2.44. The molecule has 0 amide bonds.